The van der Waals surface area contributed by atoms with Gasteiger partial charge in [-0.15, -0.1) is 11.8 Å². The highest BCUT2D eigenvalue weighted by Crippen LogP contribution is 2.29. The van der Waals surface area contributed by atoms with E-state index in [4.69, 9.17) is 4.98 Å². The van der Waals surface area contributed by atoms with Gasteiger partial charge in [0, 0.05) is 29.6 Å². The molecule has 0 unspecified atom stereocenters. The van der Waals surface area contributed by atoms with E-state index >= 15 is 0 Å². The Kier molecular flexibility index (Phi) is 6.54. The van der Waals surface area contributed by atoms with Crippen molar-refractivity contribution in [2.24, 2.45) is 5.92 Å². The number of amides is 1. The zero-order valence-electron chi connectivity index (χ0n) is 19.1. The average Bonchev–Trinajstić information content (AvgIpc) is 3.22. The second kappa shape index (κ2) is 9.89. The minimum Gasteiger partial charge on any atom is -0.342 e. The monoisotopic (exact) mass is 474 g/mol. The predicted molar refractivity (Wildman–Crippen MR) is 137 cm³/mol. The number of fused-ring (bicyclic) bond motifs is 1. The molecule has 1 N–H and O–H groups in total. The van der Waals surface area contributed by atoms with Crippen molar-refractivity contribution < 1.29 is 9.18 Å². The molecule has 1 saturated heterocycles. The van der Waals surface area contributed by atoms with E-state index in [-0.39, 0.29) is 17.6 Å². The van der Waals surface area contributed by atoms with Crippen LogP contribution in [-0.2, 0) is 11.3 Å². The number of carbonyl (C=O) groups is 1. The van der Waals surface area contributed by atoms with Gasteiger partial charge in [-0.2, -0.15) is 0 Å². The van der Waals surface area contributed by atoms with Crippen molar-refractivity contribution in [2.45, 2.75) is 24.3 Å². The van der Waals surface area contributed by atoms with Gasteiger partial charge in [0.05, 0.1) is 17.6 Å². The minimum atomic E-state index is -0.238. The van der Waals surface area contributed by atoms with Crippen molar-refractivity contribution in [3.8, 4) is 0 Å². The van der Waals surface area contributed by atoms with Crippen LogP contribution in [-0.4, -0.2) is 34.8 Å². The Hall–Kier alpha value is -3.32. The van der Waals surface area contributed by atoms with Crippen molar-refractivity contribution in [3.05, 3.63) is 84.2 Å². The van der Waals surface area contributed by atoms with E-state index in [1.165, 1.54) is 6.07 Å². The van der Waals surface area contributed by atoms with Gasteiger partial charge < -0.3 is 14.8 Å². The highest BCUT2D eigenvalue weighted by atomic mass is 32.2. The molecule has 1 aliphatic heterocycles. The van der Waals surface area contributed by atoms with Gasteiger partial charge in [0.1, 0.15) is 5.82 Å². The quantitative estimate of drug-likeness (QED) is 0.359. The topological polar surface area (TPSA) is 50.2 Å². The number of nitrogens with one attached hydrogen (secondary N) is 1. The second-order valence-corrected chi connectivity index (χ2v) is 9.48. The molecule has 0 bridgehead atoms. The Labute approximate surface area is 203 Å². The molecule has 1 fully saturated rings. The Bertz CT molecular complexity index is 1310. The number of aromatic nitrogens is 2. The van der Waals surface area contributed by atoms with E-state index in [9.17, 15) is 9.18 Å². The van der Waals surface area contributed by atoms with E-state index < -0.39 is 0 Å². The van der Waals surface area contributed by atoms with Gasteiger partial charge in [0.15, 0.2) is 0 Å². The minimum absolute atomic E-state index is 0.0322. The first-order chi connectivity index (χ1) is 16.6. The molecule has 34 heavy (non-hydrogen) atoms. The Morgan fingerprint density at radius 1 is 1.06 bits per heavy atom. The summed E-state index contributed by atoms with van der Waals surface area (Å²) in [6, 6.07) is 22.7. The van der Waals surface area contributed by atoms with Crippen LogP contribution in [0.3, 0.4) is 0 Å². The third-order valence-electron chi connectivity index (χ3n) is 6.35. The molecular weight excluding hydrogens is 447 g/mol. The zero-order valence-corrected chi connectivity index (χ0v) is 19.9. The van der Waals surface area contributed by atoms with E-state index in [0.29, 0.717) is 6.54 Å². The fourth-order valence-corrected chi connectivity index (χ4v) is 5.02. The van der Waals surface area contributed by atoms with E-state index in [1.807, 2.05) is 60.9 Å². The molecule has 3 aromatic carbocycles. The van der Waals surface area contributed by atoms with Crippen LogP contribution in [0.4, 0.5) is 16.0 Å². The van der Waals surface area contributed by atoms with Gasteiger partial charge in [-0.1, -0.05) is 30.3 Å². The van der Waals surface area contributed by atoms with Crippen LogP contribution in [0.5, 0.6) is 0 Å². The van der Waals surface area contributed by atoms with Gasteiger partial charge in [-0.05, 0) is 67.1 Å². The van der Waals surface area contributed by atoms with Crippen molar-refractivity contribution >= 4 is 40.3 Å². The van der Waals surface area contributed by atoms with Crippen LogP contribution in [0.2, 0.25) is 0 Å². The molecule has 1 aliphatic rings. The first-order valence-electron chi connectivity index (χ1n) is 11.5. The van der Waals surface area contributed by atoms with Crippen LogP contribution in [0, 0.1) is 11.7 Å². The Morgan fingerprint density at radius 2 is 1.85 bits per heavy atom. The number of halogens is 1. The number of rotatable bonds is 6. The van der Waals surface area contributed by atoms with Crippen molar-refractivity contribution in [3.63, 3.8) is 0 Å². The number of benzene rings is 3. The largest absolute Gasteiger partial charge is 0.342 e. The number of imidazole rings is 1. The number of carbonyl (C=O) groups excluding carboxylic acids is 1. The summed E-state index contributed by atoms with van der Waals surface area (Å²) in [4.78, 5) is 21.2. The van der Waals surface area contributed by atoms with E-state index in [2.05, 4.69) is 14.8 Å². The van der Waals surface area contributed by atoms with E-state index in [0.717, 1.165) is 59.1 Å². The molecule has 2 heterocycles. The number of nitrogens with zero attached hydrogens (tertiary/aromatic N) is 3. The predicted octanol–water partition coefficient (Wildman–Crippen LogP) is 5.80. The lowest BCUT2D eigenvalue weighted by Gasteiger charge is -2.32. The number of anilines is 2. The molecule has 0 atom stereocenters. The summed E-state index contributed by atoms with van der Waals surface area (Å²) in [6.45, 7) is 2.03. The van der Waals surface area contributed by atoms with Crippen molar-refractivity contribution in [1.29, 1.82) is 0 Å². The van der Waals surface area contributed by atoms with Gasteiger partial charge in [-0.3, -0.25) is 4.79 Å². The van der Waals surface area contributed by atoms with E-state index in [1.54, 1.807) is 23.9 Å². The normalized spacial score (nSPS) is 14.5. The third-order valence-corrected chi connectivity index (χ3v) is 7.08. The lowest BCUT2D eigenvalue weighted by molar-refractivity contribution is -0.120. The molecular formula is C27H27FN4OS. The Balaban J connectivity index is 1.32. The smallest absolute Gasteiger partial charge is 0.227 e. The highest BCUT2D eigenvalue weighted by molar-refractivity contribution is 7.98. The van der Waals surface area contributed by atoms with Crippen LogP contribution < -0.4 is 10.2 Å². The summed E-state index contributed by atoms with van der Waals surface area (Å²) < 4.78 is 16.0. The first kappa shape index (κ1) is 22.5. The molecule has 4 aromatic rings. The molecule has 1 amide bonds. The van der Waals surface area contributed by atoms with Crippen molar-refractivity contribution in [2.75, 3.05) is 29.6 Å². The molecule has 0 saturated carbocycles. The molecule has 174 valence electrons. The van der Waals surface area contributed by atoms with Gasteiger partial charge >= 0.3 is 0 Å². The molecule has 7 heteroatoms. The molecule has 5 rings (SSSR count). The summed E-state index contributed by atoms with van der Waals surface area (Å²) in [5.41, 5.74) is 3.68. The number of thioether (sulfide) groups is 1. The van der Waals surface area contributed by atoms with Crippen LogP contribution in [0.15, 0.2) is 77.7 Å². The highest BCUT2D eigenvalue weighted by Gasteiger charge is 2.28. The SMILES string of the molecule is CSc1cccc(NC(=O)C2CCN(c3nc4ccccc4n3Cc3cccc(F)c3)CC2)c1. The second-order valence-electron chi connectivity index (χ2n) is 8.60. The molecule has 0 spiro atoms. The maximum absolute atomic E-state index is 13.8. The molecule has 1 aromatic heterocycles. The number of piperidine rings is 1. The first-order valence-corrected chi connectivity index (χ1v) is 12.7. The molecule has 0 aliphatic carbocycles. The number of hydrogen-bond acceptors (Lipinski definition) is 4. The Morgan fingerprint density at radius 3 is 2.65 bits per heavy atom. The summed E-state index contributed by atoms with van der Waals surface area (Å²) >= 11 is 1.66. The lowest BCUT2D eigenvalue weighted by atomic mass is 9.96. The fourth-order valence-electron chi connectivity index (χ4n) is 4.56. The maximum Gasteiger partial charge on any atom is 0.227 e. The van der Waals surface area contributed by atoms with Crippen LogP contribution in [0.25, 0.3) is 11.0 Å². The molecule has 5 nitrogen and oxygen atoms in total. The number of para-hydroxylation sites is 2. The standard InChI is InChI=1S/C27H27FN4OS/c1-34-23-9-5-8-22(17-23)29-26(33)20-12-14-31(15-13-20)27-30-24-10-2-3-11-25(24)32(27)18-19-6-4-7-21(28)16-19/h2-11,16-17,20H,12-15,18H2,1H3,(H,29,33). The average molecular weight is 475 g/mol. The van der Waals surface area contributed by atoms with Gasteiger partial charge in [-0.25, -0.2) is 9.37 Å². The van der Waals surface area contributed by atoms with Crippen molar-refractivity contribution in [1.82, 2.24) is 9.55 Å². The summed E-state index contributed by atoms with van der Waals surface area (Å²) in [5, 5.41) is 3.08. The third kappa shape index (κ3) is 4.80. The number of hydrogen-bond donors (Lipinski definition) is 1. The zero-order chi connectivity index (χ0) is 23.5. The van der Waals surface area contributed by atoms with Crippen LogP contribution in [0.1, 0.15) is 18.4 Å². The summed E-state index contributed by atoms with van der Waals surface area (Å²) in [6.07, 6.45) is 3.55. The van der Waals surface area contributed by atoms with Crippen LogP contribution >= 0.6 is 11.8 Å². The maximum atomic E-state index is 13.8. The lowest BCUT2D eigenvalue weighted by Crippen LogP contribution is -2.39. The molecule has 0 radical (unpaired) electrons. The van der Waals surface area contributed by atoms with Gasteiger partial charge in [0.2, 0.25) is 11.9 Å². The van der Waals surface area contributed by atoms with Gasteiger partial charge in [0.25, 0.3) is 0 Å². The summed E-state index contributed by atoms with van der Waals surface area (Å²) in [5.74, 6) is 0.678. The summed E-state index contributed by atoms with van der Waals surface area (Å²) in [7, 11) is 0. The fraction of sp³-hybridized carbons (Fsp3) is 0.259.